The van der Waals surface area contributed by atoms with Crippen molar-refractivity contribution in [2.45, 2.75) is 58.3 Å². The molecule has 5 atom stereocenters. The molecular weight excluding hydrogens is 264 g/mol. The lowest BCUT2D eigenvalue weighted by Gasteiger charge is -2.47. The van der Waals surface area contributed by atoms with Crippen LogP contribution in [0.4, 0.5) is 0 Å². The second-order valence-corrected chi connectivity index (χ2v) is 7.99. The Balaban J connectivity index is 2.01. The van der Waals surface area contributed by atoms with Gasteiger partial charge in [0.15, 0.2) is 0 Å². The van der Waals surface area contributed by atoms with Gasteiger partial charge in [0.05, 0.1) is 18.3 Å². The fourth-order valence-electron chi connectivity index (χ4n) is 4.50. The number of aliphatic hydroxyl groups is 1. The molecule has 4 nitrogen and oxygen atoms in total. The van der Waals surface area contributed by atoms with Crippen molar-refractivity contribution in [1.82, 2.24) is 10.2 Å². The van der Waals surface area contributed by atoms with E-state index in [1.165, 1.54) is 12.8 Å². The van der Waals surface area contributed by atoms with Gasteiger partial charge in [0.25, 0.3) is 0 Å². The van der Waals surface area contributed by atoms with E-state index in [1.54, 1.807) is 0 Å². The van der Waals surface area contributed by atoms with Crippen LogP contribution >= 0.6 is 0 Å². The standard InChI is InChI=1S/C17H34N2O2/c1-12-6-13(2)15(16(7-12)18-5)9-19-8-14(10-20)21-17(3,4)11-19/h12-16,18,20H,6-11H2,1-5H3. The van der Waals surface area contributed by atoms with Crippen molar-refractivity contribution in [2.75, 3.05) is 33.3 Å². The van der Waals surface area contributed by atoms with Crippen LogP contribution in [0.1, 0.15) is 40.5 Å². The first kappa shape index (κ1) is 17.2. The fraction of sp³-hybridized carbons (Fsp3) is 1.00. The van der Waals surface area contributed by atoms with Crippen LogP contribution in [0.3, 0.4) is 0 Å². The maximum Gasteiger partial charge on any atom is 0.0940 e. The number of nitrogens with one attached hydrogen (secondary N) is 1. The lowest BCUT2D eigenvalue weighted by molar-refractivity contribution is -0.153. The molecule has 0 radical (unpaired) electrons. The van der Waals surface area contributed by atoms with Crippen molar-refractivity contribution in [1.29, 1.82) is 0 Å². The second kappa shape index (κ2) is 6.95. The summed E-state index contributed by atoms with van der Waals surface area (Å²) in [5.74, 6) is 2.27. The number of nitrogens with zero attached hydrogens (tertiary/aromatic N) is 1. The minimum Gasteiger partial charge on any atom is -0.394 e. The van der Waals surface area contributed by atoms with Crippen LogP contribution < -0.4 is 5.32 Å². The van der Waals surface area contributed by atoms with Gasteiger partial charge >= 0.3 is 0 Å². The maximum absolute atomic E-state index is 9.47. The number of aliphatic hydroxyl groups excluding tert-OH is 1. The Morgan fingerprint density at radius 2 is 2.00 bits per heavy atom. The minimum atomic E-state index is -0.161. The average molecular weight is 298 g/mol. The third-order valence-electron chi connectivity index (χ3n) is 5.27. The quantitative estimate of drug-likeness (QED) is 0.830. The van der Waals surface area contributed by atoms with Gasteiger partial charge in [-0.2, -0.15) is 0 Å². The first-order valence-corrected chi connectivity index (χ1v) is 8.53. The van der Waals surface area contributed by atoms with Crippen LogP contribution in [0, 0.1) is 17.8 Å². The molecule has 2 rings (SSSR count). The predicted octanol–water partition coefficient (Wildman–Crippen LogP) is 1.73. The van der Waals surface area contributed by atoms with Gasteiger partial charge in [-0.3, -0.25) is 4.90 Å². The van der Waals surface area contributed by atoms with Gasteiger partial charge in [0.2, 0.25) is 0 Å². The molecule has 2 N–H and O–H groups in total. The van der Waals surface area contributed by atoms with E-state index in [0.29, 0.717) is 12.0 Å². The van der Waals surface area contributed by atoms with Crippen molar-refractivity contribution in [3.8, 4) is 0 Å². The van der Waals surface area contributed by atoms with E-state index in [2.05, 4.69) is 45.0 Å². The molecule has 0 aromatic rings. The summed E-state index contributed by atoms with van der Waals surface area (Å²) in [5.41, 5.74) is -0.161. The summed E-state index contributed by atoms with van der Waals surface area (Å²) in [5, 5.41) is 13.0. The van der Waals surface area contributed by atoms with E-state index in [9.17, 15) is 5.11 Å². The zero-order chi connectivity index (χ0) is 15.6. The largest absolute Gasteiger partial charge is 0.394 e. The topological polar surface area (TPSA) is 44.7 Å². The van der Waals surface area contributed by atoms with Crippen LogP contribution in [-0.4, -0.2) is 61.0 Å². The highest BCUT2D eigenvalue weighted by molar-refractivity contribution is 4.91. The van der Waals surface area contributed by atoms with Crippen molar-refractivity contribution < 1.29 is 9.84 Å². The summed E-state index contributed by atoms with van der Waals surface area (Å²) in [7, 11) is 2.10. The SMILES string of the molecule is CNC1CC(C)CC(C)C1CN1CC(CO)OC(C)(C)C1. The molecule has 0 aromatic heterocycles. The van der Waals surface area contributed by atoms with Crippen molar-refractivity contribution in [2.24, 2.45) is 17.8 Å². The molecule has 124 valence electrons. The second-order valence-electron chi connectivity index (χ2n) is 7.99. The molecule has 1 saturated carbocycles. The van der Waals surface area contributed by atoms with Crippen LogP contribution in [0.25, 0.3) is 0 Å². The summed E-state index contributed by atoms with van der Waals surface area (Å²) in [4.78, 5) is 2.51. The molecule has 0 bridgehead atoms. The first-order valence-electron chi connectivity index (χ1n) is 8.53. The van der Waals surface area contributed by atoms with Crippen molar-refractivity contribution >= 4 is 0 Å². The highest BCUT2D eigenvalue weighted by Gasteiger charge is 2.38. The molecule has 2 fully saturated rings. The Bertz CT molecular complexity index is 335. The molecular formula is C17H34N2O2. The third-order valence-corrected chi connectivity index (χ3v) is 5.27. The highest BCUT2D eigenvalue weighted by atomic mass is 16.5. The number of morpholine rings is 1. The monoisotopic (exact) mass is 298 g/mol. The fourth-order valence-corrected chi connectivity index (χ4v) is 4.50. The van der Waals surface area contributed by atoms with Gasteiger partial charge in [-0.1, -0.05) is 13.8 Å². The molecule has 5 unspecified atom stereocenters. The van der Waals surface area contributed by atoms with E-state index in [0.717, 1.165) is 31.5 Å². The molecule has 1 saturated heterocycles. The maximum atomic E-state index is 9.47. The minimum absolute atomic E-state index is 0.0420. The van der Waals surface area contributed by atoms with Crippen molar-refractivity contribution in [3.05, 3.63) is 0 Å². The van der Waals surface area contributed by atoms with Crippen LogP contribution in [0.5, 0.6) is 0 Å². The molecule has 0 aromatic carbocycles. The molecule has 1 heterocycles. The predicted molar refractivity (Wildman–Crippen MR) is 86.4 cm³/mol. The van der Waals surface area contributed by atoms with E-state index in [1.807, 2.05) is 0 Å². The van der Waals surface area contributed by atoms with Crippen LogP contribution in [0.2, 0.25) is 0 Å². The highest BCUT2D eigenvalue weighted by Crippen LogP contribution is 2.35. The van der Waals surface area contributed by atoms with Gasteiger partial charge in [0.1, 0.15) is 0 Å². The van der Waals surface area contributed by atoms with Gasteiger partial charge in [-0.25, -0.2) is 0 Å². The lowest BCUT2D eigenvalue weighted by Crippen LogP contribution is -2.57. The Hall–Kier alpha value is -0.160. The van der Waals surface area contributed by atoms with Crippen LogP contribution in [0.15, 0.2) is 0 Å². The van der Waals surface area contributed by atoms with Gasteiger partial charge in [-0.15, -0.1) is 0 Å². The zero-order valence-electron chi connectivity index (χ0n) is 14.4. The number of ether oxygens (including phenoxy) is 1. The molecule has 4 heteroatoms. The van der Waals surface area contributed by atoms with E-state index >= 15 is 0 Å². The van der Waals surface area contributed by atoms with E-state index < -0.39 is 0 Å². The Morgan fingerprint density at radius 3 is 2.62 bits per heavy atom. The molecule has 2 aliphatic rings. The zero-order valence-corrected chi connectivity index (χ0v) is 14.4. The Morgan fingerprint density at radius 1 is 1.29 bits per heavy atom. The normalized spacial score (nSPS) is 41.1. The summed E-state index contributed by atoms with van der Waals surface area (Å²) < 4.78 is 5.93. The molecule has 1 aliphatic heterocycles. The summed E-state index contributed by atoms with van der Waals surface area (Å²) in [6.07, 6.45) is 2.57. The molecule has 0 spiro atoms. The number of hydrogen-bond donors (Lipinski definition) is 2. The van der Waals surface area contributed by atoms with E-state index in [4.69, 9.17) is 4.74 Å². The summed E-state index contributed by atoms with van der Waals surface area (Å²) in [6, 6.07) is 0.613. The van der Waals surface area contributed by atoms with Gasteiger partial charge in [0, 0.05) is 25.7 Å². The average Bonchev–Trinajstić information content (AvgIpc) is 2.39. The van der Waals surface area contributed by atoms with E-state index in [-0.39, 0.29) is 18.3 Å². The first-order chi connectivity index (χ1) is 9.84. The number of rotatable bonds is 4. The molecule has 0 amide bonds. The Kier molecular flexibility index (Phi) is 5.69. The Labute approximate surface area is 130 Å². The van der Waals surface area contributed by atoms with Crippen molar-refractivity contribution in [3.63, 3.8) is 0 Å². The van der Waals surface area contributed by atoms with Gasteiger partial charge < -0.3 is 15.2 Å². The molecule has 1 aliphatic carbocycles. The number of hydrogen-bond acceptors (Lipinski definition) is 4. The lowest BCUT2D eigenvalue weighted by atomic mass is 9.72. The molecule has 21 heavy (non-hydrogen) atoms. The smallest absolute Gasteiger partial charge is 0.0940 e. The summed E-state index contributed by atoms with van der Waals surface area (Å²) in [6.45, 7) is 12.1. The van der Waals surface area contributed by atoms with Crippen LogP contribution in [-0.2, 0) is 4.74 Å². The summed E-state index contributed by atoms with van der Waals surface area (Å²) >= 11 is 0. The van der Waals surface area contributed by atoms with Gasteiger partial charge in [-0.05, 0) is 51.5 Å². The third kappa shape index (κ3) is 4.41.